The van der Waals surface area contributed by atoms with Crippen LogP contribution >= 0.6 is 0 Å². The standard InChI is InChI=1S/C9H20N2O/c1-2-8-3-4-11(5-8)6-9(10)7-12/h8-9,12H,2-7,10H2,1H3. The average Bonchev–Trinajstić information content (AvgIpc) is 2.52. The molecule has 2 atom stereocenters. The van der Waals surface area contributed by atoms with E-state index in [1.54, 1.807) is 0 Å². The van der Waals surface area contributed by atoms with Crippen LogP contribution in [0.2, 0.25) is 0 Å². The Morgan fingerprint density at radius 1 is 1.67 bits per heavy atom. The lowest BCUT2D eigenvalue weighted by molar-refractivity contribution is 0.218. The fourth-order valence-electron chi connectivity index (χ4n) is 1.80. The Bertz CT molecular complexity index is 130. The van der Waals surface area contributed by atoms with E-state index in [0.29, 0.717) is 0 Å². The average molecular weight is 172 g/mol. The second kappa shape index (κ2) is 4.80. The summed E-state index contributed by atoms with van der Waals surface area (Å²) in [6.45, 7) is 5.52. The van der Waals surface area contributed by atoms with Crippen LogP contribution < -0.4 is 5.73 Å². The normalized spacial score (nSPS) is 27.8. The molecule has 0 spiro atoms. The summed E-state index contributed by atoms with van der Waals surface area (Å²) in [7, 11) is 0. The third-order valence-electron chi connectivity index (χ3n) is 2.67. The maximum absolute atomic E-state index is 8.77. The SMILES string of the molecule is CCC1CCN(CC(N)CO)C1. The Kier molecular flexibility index (Phi) is 3.98. The highest BCUT2D eigenvalue weighted by Gasteiger charge is 2.21. The quantitative estimate of drug-likeness (QED) is 0.629. The monoisotopic (exact) mass is 172 g/mol. The van der Waals surface area contributed by atoms with Crippen LogP contribution in [0.3, 0.4) is 0 Å². The van der Waals surface area contributed by atoms with Crippen molar-refractivity contribution < 1.29 is 5.11 Å². The molecule has 1 rings (SSSR count). The molecule has 1 aliphatic heterocycles. The minimum Gasteiger partial charge on any atom is -0.395 e. The van der Waals surface area contributed by atoms with Crippen molar-refractivity contribution in [3.05, 3.63) is 0 Å². The van der Waals surface area contributed by atoms with Crippen molar-refractivity contribution >= 4 is 0 Å². The molecule has 0 aromatic heterocycles. The van der Waals surface area contributed by atoms with Gasteiger partial charge in [-0.05, 0) is 18.9 Å². The summed E-state index contributed by atoms with van der Waals surface area (Å²) in [6, 6.07) is -0.0550. The number of rotatable bonds is 4. The number of hydrogen-bond acceptors (Lipinski definition) is 3. The van der Waals surface area contributed by atoms with Gasteiger partial charge in [0.25, 0.3) is 0 Å². The lowest BCUT2D eigenvalue weighted by atomic mass is 10.1. The molecule has 3 N–H and O–H groups in total. The predicted molar refractivity (Wildman–Crippen MR) is 49.9 cm³/mol. The molecule has 1 aliphatic rings. The number of aliphatic hydroxyl groups excluding tert-OH is 1. The predicted octanol–water partition coefficient (Wildman–Crippen LogP) is 0.0379. The molecule has 3 nitrogen and oxygen atoms in total. The van der Waals surface area contributed by atoms with Gasteiger partial charge in [-0.15, -0.1) is 0 Å². The van der Waals surface area contributed by atoms with Gasteiger partial charge in [-0.3, -0.25) is 0 Å². The molecule has 0 aromatic carbocycles. The van der Waals surface area contributed by atoms with Gasteiger partial charge in [0, 0.05) is 19.1 Å². The first kappa shape index (κ1) is 9.96. The fourth-order valence-corrected chi connectivity index (χ4v) is 1.80. The second-order valence-electron chi connectivity index (χ2n) is 3.77. The van der Waals surface area contributed by atoms with Crippen molar-refractivity contribution in [2.45, 2.75) is 25.8 Å². The van der Waals surface area contributed by atoms with Crippen LogP contribution in [0.4, 0.5) is 0 Å². The van der Waals surface area contributed by atoms with E-state index in [0.717, 1.165) is 19.0 Å². The molecule has 1 heterocycles. The molecule has 0 aliphatic carbocycles. The zero-order valence-corrected chi connectivity index (χ0v) is 7.87. The summed E-state index contributed by atoms with van der Waals surface area (Å²) < 4.78 is 0. The first-order valence-corrected chi connectivity index (χ1v) is 4.85. The van der Waals surface area contributed by atoms with Crippen LogP contribution in [-0.2, 0) is 0 Å². The maximum Gasteiger partial charge on any atom is 0.0595 e. The molecule has 3 heteroatoms. The van der Waals surface area contributed by atoms with E-state index < -0.39 is 0 Å². The van der Waals surface area contributed by atoms with Crippen molar-refractivity contribution in [3.63, 3.8) is 0 Å². The highest BCUT2D eigenvalue weighted by atomic mass is 16.3. The van der Waals surface area contributed by atoms with Crippen LogP contribution in [0, 0.1) is 5.92 Å². The summed E-state index contributed by atoms with van der Waals surface area (Å²) in [4.78, 5) is 2.36. The fraction of sp³-hybridized carbons (Fsp3) is 1.00. The first-order valence-electron chi connectivity index (χ1n) is 4.85. The van der Waals surface area contributed by atoms with Crippen molar-refractivity contribution in [3.8, 4) is 0 Å². The Morgan fingerprint density at radius 2 is 2.42 bits per heavy atom. The van der Waals surface area contributed by atoms with Gasteiger partial charge >= 0.3 is 0 Å². The van der Waals surface area contributed by atoms with Crippen molar-refractivity contribution in [1.82, 2.24) is 4.90 Å². The largest absolute Gasteiger partial charge is 0.395 e. The summed E-state index contributed by atoms with van der Waals surface area (Å²) in [5.74, 6) is 0.857. The minimum atomic E-state index is -0.0550. The van der Waals surface area contributed by atoms with E-state index in [1.807, 2.05) is 0 Å². The third kappa shape index (κ3) is 2.73. The first-order chi connectivity index (χ1) is 5.76. The summed E-state index contributed by atoms with van der Waals surface area (Å²) in [6.07, 6.45) is 2.57. The van der Waals surface area contributed by atoms with E-state index in [-0.39, 0.29) is 12.6 Å². The molecule has 0 bridgehead atoms. The van der Waals surface area contributed by atoms with E-state index in [2.05, 4.69) is 11.8 Å². The lowest BCUT2D eigenvalue weighted by Gasteiger charge is -2.18. The molecule has 0 aromatic rings. The van der Waals surface area contributed by atoms with Crippen LogP contribution in [0.25, 0.3) is 0 Å². The number of likely N-dealkylation sites (tertiary alicyclic amines) is 1. The third-order valence-corrected chi connectivity index (χ3v) is 2.67. The number of aliphatic hydroxyl groups is 1. The van der Waals surface area contributed by atoms with E-state index in [4.69, 9.17) is 10.8 Å². The Labute approximate surface area is 74.5 Å². The molecule has 1 fully saturated rings. The molecule has 1 saturated heterocycles. The number of nitrogens with zero attached hydrogens (tertiary/aromatic N) is 1. The van der Waals surface area contributed by atoms with Crippen molar-refractivity contribution in [2.24, 2.45) is 11.7 Å². The van der Waals surface area contributed by atoms with Gasteiger partial charge in [-0.25, -0.2) is 0 Å². The molecule has 2 unspecified atom stereocenters. The van der Waals surface area contributed by atoms with Gasteiger partial charge in [-0.1, -0.05) is 13.3 Å². The number of nitrogens with two attached hydrogens (primary N) is 1. The van der Waals surface area contributed by atoms with Gasteiger partial charge in [0.1, 0.15) is 0 Å². The molecule has 0 saturated carbocycles. The van der Waals surface area contributed by atoms with Crippen molar-refractivity contribution in [1.29, 1.82) is 0 Å². The topological polar surface area (TPSA) is 49.5 Å². The molecule has 0 amide bonds. The Hall–Kier alpha value is -0.120. The molecule has 12 heavy (non-hydrogen) atoms. The van der Waals surface area contributed by atoms with Crippen LogP contribution in [0.5, 0.6) is 0 Å². The summed E-state index contributed by atoms with van der Waals surface area (Å²) in [5, 5.41) is 8.77. The summed E-state index contributed by atoms with van der Waals surface area (Å²) in [5.41, 5.74) is 5.65. The molecule has 72 valence electrons. The molecule has 0 radical (unpaired) electrons. The second-order valence-corrected chi connectivity index (χ2v) is 3.77. The van der Waals surface area contributed by atoms with Gasteiger partial charge in [0.05, 0.1) is 6.61 Å². The highest BCUT2D eigenvalue weighted by molar-refractivity contribution is 4.77. The van der Waals surface area contributed by atoms with Gasteiger partial charge in [-0.2, -0.15) is 0 Å². The lowest BCUT2D eigenvalue weighted by Crippen LogP contribution is -2.38. The zero-order valence-electron chi connectivity index (χ0n) is 7.87. The van der Waals surface area contributed by atoms with Gasteiger partial charge in [0.15, 0.2) is 0 Å². The Balaban J connectivity index is 2.18. The molecular weight excluding hydrogens is 152 g/mol. The Morgan fingerprint density at radius 3 is 2.92 bits per heavy atom. The molecular formula is C9H20N2O. The van der Waals surface area contributed by atoms with E-state index in [9.17, 15) is 0 Å². The summed E-state index contributed by atoms with van der Waals surface area (Å²) >= 11 is 0. The smallest absolute Gasteiger partial charge is 0.0595 e. The van der Waals surface area contributed by atoms with Crippen LogP contribution in [0.1, 0.15) is 19.8 Å². The van der Waals surface area contributed by atoms with Gasteiger partial charge < -0.3 is 15.7 Å². The zero-order chi connectivity index (χ0) is 8.97. The van der Waals surface area contributed by atoms with E-state index >= 15 is 0 Å². The minimum absolute atomic E-state index is 0.0550. The van der Waals surface area contributed by atoms with E-state index in [1.165, 1.54) is 19.4 Å². The number of hydrogen-bond donors (Lipinski definition) is 2. The maximum atomic E-state index is 8.77. The van der Waals surface area contributed by atoms with Crippen LogP contribution in [0.15, 0.2) is 0 Å². The van der Waals surface area contributed by atoms with Crippen LogP contribution in [-0.4, -0.2) is 42.3 Å². The van der Waals surface area contributed by atoms with Gasteiger partial charge in [0.2, 0.25) is 0 Å². The highest BCUT2D eigenvalue weighted by Crippen LogP contribution is 2.18. The van der Waals surface area contributed by atoms with Crippen molar-refractivity contribution in [2.75, 3.05) is 26.2 Å².